The van der Waals surface area contributed by atoms with Crippen LogP contribution in [0.25, 0.3) is 0 Å². The Balaban J connectivity index is 2.91. The van der Waals surface area contributed by atoms with Crippen LogP contribution >= 0.6 is 0 Å². The Morgan fingerprint density at radius 2 is 2.10 bits per heavy atom. The van der Waals surface area contributed by atoms with Gasteiger partial charge in [0, 0.05) is 13.0 Å². The summed E-state index contributed by atoms with van der Waals surface area (Å²) < 4.78 is 0. The zero-order valence-electron chi connectivity index (χ0n) is 12.1. The largest absolute Gasteiger partial charge is 0.481 e. The lowest BCUT2D eigenvalue weighted by Crippen LogP contribution is -2.17. The lowest BCUT2D eigenvalue weighted by Gasteiger charge is -2.14. The van der Waals surface area contributed by atoms with Crippen molar-refractivity contribution in [2.75, 3.05) is 11.9 Å². The van der Waals surface area contributed by atoms with Gasteiger partial charge in [-0.2, -0.15) is 10.4 Å². The Morgan fingerprint density at radius 3 is 2.60 bits per heavy atom. The van der Waals surface area contributed by atoms with Gasteiger partial charge in [0.05, 0.1) is 5.69 Å². The predicted molar refractivity (Wildman–Crippen MR) is 75.4 cm³/mol. The highest BCUT2D eigenvalue weighted by Gasteiger charge is 2.15. The van der Waals surface area contributed by atoms with Crippen molar-refractivity contribution in [3.8, 4) is 6.07 Å². The Bertz CT molecular complexity index is 523. The SMILES string of the molecule is CCc1nnc(NCC(C)CC(=O)O)c(C#N)c1CC. The van der Waals surface area contributed by atoms with Gasteiger partial charge in [-0.05, 0) is 24.3 Å². The van der Waals surface area contributed by atoms with Crippen LogP contribution in [0.3, 0.4) is 0 Å². The molecule has 0 amide bonds. The van der Waals surface area contributed by atoms with Crippen LogP contribution in [0.4, 0.5) is 5.82 Å². The van der Waals surface area contributed by atoms with Gasteiger partial charge in [-0.15, -0.1) is 5.10 Å². The van der Waals surface area contributed by atoms with Crippen molar-refractivity contribution >= 4 is 11.8 Å². The molecule has 0 aliphatic carbocycles. The average molecular weight is 276 g/mol. The molecule has 0 saturated carbocycles. The fourth-order valence-electron chi connectivity index (χ4n) is 2.06. The van der Waals surface area contributed by atoms with E-state index >= 15 is 0 Å². The van der Waals surface area contributed by atoms with Gasteiger partial charge >= 0.3 is 5.97 Å². The lowest BCUT2D eigenvalue weighted by molar-refractivity contribution is -0.137. The van der Waals surface area contributed by atoms with Crippen LogP contribution in [0.2, 0.25) is 0 Å². The third-order valence-electron chi connectivity index (χ3n) is 3.10. The number of aliphatic carboxylic acids is 1. The molecule has 1 heterocycles. The van der Waals surface area contributed by atoms with E-state index in [2.05, 4.69) is 21.6 Å². The summed E-state index contributed by atoms with van der Waals surface area (Å²) in [4.78, 5) is 10.6. The van der Waals surface area contributed by atoms with Crippen molar-refractivity contribution in [2.45, 2.75) is 40.0 Å². The molecule has 0 bridgehead atoms. The van der Waals surface area contributed by atoms with Gasteiger partial charge in [0.2, 0.25) is 0 Å². The van der Waals surface area contributed by atoms with Crippen LogP contribution in [-0.4, -0.2) is 27.8 Å². The van der Waals surface area contributed by atoms with Gasteiger partial charge < -0.3 is 10.4 Å². The molecule has 0 saturated heterocycles. The van der Waals surface area contributed by atoms with Crippen LogP contribution in [-0.2, 0) is 17.6 Å². The standard InChI is InChI=1S/C14H20N4O2/c1-4-10-11(7-15)14(18-17-12(10)5-2)16-8-9(3)6-13(19)20/h9H,4-6,8H2,1-3H3,(H,16,18)(H,19,20). The highest BCUT2D eigenvalue weighted by Crippen LogP contribution is 2.20. The Morgan fingerprint density at radius 1 is 1.40 bits per heavy atom. The normalized spacial score (nSPS) is 11.7. The molecule has 1 aromatic heterocycles. The molecule has 0 spiro atoms. The topological polar surface area (TPSA) is 98.9 Å². The fraction of sp³-hybridized carbons (Fsp3) is 0.571. The minimum absolute atomic E-state index is 0.0447. The minimum Gasteiger partial charge on any atom is -0.481 e. The maximum atomic E-state index is 10.6. The molecule has 1 aromatic rings. The molecule has 6 nitrogen and oxygen atoms in total. The first-order chi connectivity index (χ1) is 9.53. The predicted octanol–water partition coefficient (Wildman–Crippen LogP) is 2.00. The Labute approximate surface area is 118 Å². The summed E-state index contributed by atoms with van der Waals surface area (Å²) >= 11 is 0. The number of hydrogen-bond acceptors (Lipinski definition) is 5. The second kappa shape index (κ2) is 7.43. The van der Waals surface area contributed by atoms with E-state index in [4.69, 9.17) is 5.11 Å². The number of hydrogen-bond donors (Lipinski definition) is 2. The zero-order chi connectivity index (χ0) is 15.1. The van der Waals surface area contributed by atoms with Crippen LogP contribution in [0.5, 0.6) is 0 Å². The molecular weight excluding hydrogens is 256 g/mol. The van der Waals surface area contributed by atoms with Crippen molar-refractivity contribution < 1.29 is 9.90 Å². The van der Waals surface area contributed by atoms with Crippen LogP contribution < -0.4 is 5.32 Å². The maximum absolute atomic E-state index is 10.6. The molecular formula is C14H20N4O2. The second-order valence-electron chi connectivity index (χ2n) is 4.75. The smallest absolute Gasteiger partial charge is 0.303 e. The molecule has 2 N–H and O–H groups in total. The van der Waals surface area contributed by atoms with E-state index in [0.29, 0.717) is 17.9 Å². The molecule has 6 heteroatoms. The Kier molecular flexibility index (Phi) is 5.91. The molecule has 0 radical (unpaired) electrons. The third kappa shape index (κ3) is 3.92. The number of nitrogens with one attached hydrogen (secondary N) is 1. The molecule has 0 aromatic carbocycles. The number of anilines is 1. The van der Waals surface area contributed by atoms with Crippen LogP contribution in [0.15, 0.2) is 0 Å². The highest BCUT2D eigenvalue weighted by molar-refractivity contribution is 5.67. The van der Waals surface area contributed by atoms with E-state index in [1.165, 1.54) is 0 Å². The molecule has 0 fully saturated rings. The van der Waals surface area contributed by atoms with Gasteiger partial charge in [-0.3, -0.25) is 4.79 Å². The van der Waals surface area contributed by atoms with E-state index in [9.17, 15) is 10.1 Å². The lowest BCUT2D eigenvalue weighted by atomic mass is 10.0. The number of carboxylic acids is 1. The molecule has 1 atom stereocenters. The summed E-state index contributed by atoms with van der Waals surface area (Å²) in [5.74, 6) is -0.433. The van der Waals surface area contributed by atoms with Gasteiger partial charge in [0.15, 0.2) is 5.82 Å². The van der Waals surface area contributed by atoms with E-state index in [0.717, 1.165) is 24.1 Å². The first kappa shape index (κ1) is 15.9. The molecule has 1 rings (SSSR count). The molecule has 108 valence electrons. The van der Waals surface area contributed by atoms with Gasteiger partial charge in [-0.25, -0.2) is 0 Å². The van der Waals surface area contributed by atoms with E-state index in [-0.39, 0.29) is 12.3 Å². The quantitative estimate of drug-likeness (QED) is 0.790. The number of nitrogens with zero attached hydrogens (tertiary/aromatic N) is 3. The molecule has 20 heavy (non-hydrogen) atoms. The van der Waals surface area contributed by atoms with E-state index in [1.54, 1.807) is 0 Å². The fourth-order valence-corrected chi connectivity index (χ4v) is 2.06. The number of carboxylic acid groups (broad SMARTS) is 1. The van der Waals surface area contributed by atoms with Crippen LogP contribution in [0.1, 0.15) is 44.0 Å². The van der Waals surface area contributed by atoms with Gasteiger partial charge in [-0.1, -0.05) is 20.8 Å². The highest BCUT2D eigenvalue weighted by atomic mass is 16.4. The maximum Gasteiger partial charge on any atom is 0.303 e. The van der Waals surface area contributed by atoms with Gasteiger partial charge in [0.25, 0.3) is 0 Å². The summed E-state index contributed by atoms with van der Waals surface area (Å²) in [6.07, 6.45) is 1.54. The van der Waals surface area contributed by atoms with Crippen molar-refractivity contribution in [1.29, 1.82) is 5.26 Å². The van der Waals surface area contributed by atoms with Crippen molar-refractivity contribution in [3.63, 3.8) is 0 Å². The monoisotopic (exact) mass is 276 g/mol. The zero-order valence-corrected chi connectivity index (χ0v) is 12.1. The first-order valence-corrected chi connectivity index (χ1v) is 6.77. The molecule has 1 unspecified atom stereocenters. The number of aryl methyl sites for hydroxylation is 1. The number of rotatable bonds is 7. The first-order valence-electron chi connectivity index (χ1n) is 6.77. The average Bonchev–Trinajstić information content (AvgIpc) is 2.42. The summed E-state index contributed by atoms with van der Waals surface area (Å²) in [6, 6.07) is 2.17. The molecule has 0 aliphatic rings. The summed E-state index contributed by atoms with van der Waals surface area (Å²) in [6.45, 7) is 6.24. The van der Waals surface area contributed by atoms with Crippen molar-refractivity contribution in [1.82, 2.24) is 10.2 Å². The minimum atomic E-state index is -0.832. The Hall–Kier alpha value is -2.16. The number of nitriles is 1. The summed E-state index contributed by atoms with van der Waals surface area (Å²) in [5.41, 5.74) is 2.27. The van der Waals surface area contributed by atoms with Crippen molar-refractivity contribution in [2.24, 2.45) is 5.92 Å². The molecule has 0 aliphatic heterocycles. The van der Waals surface area contributed by atoms with Crippen molar-refractivity contribution in [3.05, 3.63) is 16.8 Å². The number of aromatic nitrogens is 2. The van der Waals surface area contributed by atoms with E-state index < -0.39 is 5.97 Å². The van der Waals surface area contributed by atoms with E-state index in [1.807, 2.05) is 20.8 Å². The number of carbonyl (C=O) groups is 1. The second-order valence-corrected chi connectivity index (χ2v) is 4.75. The van der Waals surface area contributed by atoms with Crippen LogP contribution in [0, 0.1) is 17.2 Å². The third-order valence-corrected chi connectivity index (χ3v) is 3.10. The van der Waals surface area contributed by atoms with Gasteiger partial charge in [0.1, 0.15) is 11.6 Å². The summed E-state index contributed by atoms with van der Waals surface area (Å²) in [7, 11) is 0. The summed E-state index contributed by atoms with van der Waals surface area (Å²) in [5, 5.41) is 29.3.